The van der Waals surface area contributed by atoms with Gasteiger partial charge in [-0.25, -0.2) is 9.59 Å². The zero-order valence-electron chi connectivity index (χ0n) is 37.5. The molecule has 0 aliphatic carbocycles. The second-order valence-electron chi connectivity index (χ2n) is 17.4. The van der Waals surface area contributed by atoms with Crippen LogP contribution in [0.15, 0.2) is 120 Å². The molecular formula is C49H43F6N9O6. The van der Waals surface area contributed by atoms with Crippen LogP contribution in [-0.2, 0) is 26.7 Å². The van der Waals surface area contributed by atoms with Crippen LogP contribution in [0.25, 0.3) is 0 Å². The van der Waals surface area contributed by atoms with E-state index in [4.69, 9.17) is 9.90 Å². The van der Waals surface area contributed by atoms with Crippen LogP contribution >= 0.6 is 0 Å². The molecule has 2 atom stereocenters. The second kappa shape index (κ2) is 19.8. The highest BCUT2D eigenvalue weighted by Crippen LogP contribution is 2.42. The minimum atomic E-state index is -4.68. The van der Waals surface area contributed by atoms with Crippen molar-refractivity contribution in [1.29, 1.82) is 10.5 Å². The summed E-state index contributed by atoms with van der Waals surface area (Å²) in [6.07, 6.45) is -8.40. The predicted molar refractivity (Wildman–Crippen MR) is 237 cm³/mol. The number of rotatable bonds is 12. The predicted octanol–water partition coefficient (Wildman–Crippen LogP) is 6.12. The Kier molecular flexibility index (Phi) is 14.1. The fourth-order valence-corrected chi connectivity index (χ4v) is 9.03. The number of carbonyl (C=O) groups is 5. The maximum absolute atomic E-state index is 14.2. The SMILES string of the molecule is C[N+](C)(CCCN1CC2=C(C1=O)[C@@H](c1ccc(C#N)cc1)NC(=O)N2c1cccc(C(F)(F)F)c1)CCCN1CC2=C(C1=O)[C@@H](c1ccc(C#N)cc1)NC(=O)N2c1cccc(C(F)(F)F)c1.O=C[O-]. The van der Waals surface area contributed by atoms with E-state index in [-0.39, 0.29) is 60.1 Å². The van der Waals surface area contributed by atoms with Gasteiger partial charge in [-0.05, 0) is 71.8 Å². The number of carbonyl (C=O) groups excluding carboxylic acids is 5. The second-order valence-corrected chi connectivity index (χ2v) is 17.4. The Labute approximate surface area is 397 Å². The summed E-state index contributed by atoms with van der Waals surface area (Å²) in [5, 5.41) is 32.5. The van der Waals surface area contributed by atoms with Crippen LogP contribution < -0.4 is 25.5 Å². The summed E-state index contributed by atoms with van der Waals surface area (Å²) >= 11 is 0. The van der Waals surface area contributed by atoms with Gasteiger partial charge in [0.1, 0.15) is 0 Å². The van der Waals surface area contributed by atoms with E-state index in [1.165, 1.54) is 24.3 Å². The molecule has 2 N–H and O–H groups in total. The van der Waals surface area contributed by atoms with Gasteiger partial charge in [-0.2, -0.15) is 36.9 Å². The average molecular weight is 968 g/mol. The number of anilines is 2. The van der Waals surface area contributed by atoms with Crippen molar-refractivity contribution in [3.8, 4) is 12.1 Å². The zero-order valence-corrected chi connectivity index (χ0v) is 37.5. The molecule has 0 aromatic heterocycles. The standard InChI is InChI=1S/C48H41F6N9O4.CH2O2/c1-63(2,21-5-19-59-27-37-39(43(59)64)41(31-15-11-29(25-55)12-16-31)57-45(66)61(37)35-9-3-7-33(23-35)47(49,50)51)22-6-20-60-28-38-40(44(60)65)42(32-17-13-30(26-56)14-18-32)58-46(67)62(38)36-10-4-8-34(24-36)48(52,53)54;2-1-3/h3-4,7-18,23-24,41-42H,5-6,19-22,27-28H2,1-2H3,(H-,57,58,66,67);1H,(H,2,3)/t41-,42-;/m1./s1. The number of halogens is 6. The van der Waals surface area contributed by atoms with Crippen molar-refractivity contribution in [2.75, 3.05) is 63.2 Å². The monoisotopic (exact) mass is 967 g/mol. The van der Waals surface area contributed by atoms with Gasteiger partial charge in [0.05, 0.1) is 121 Å². The van der Waals surface area contributed by atoms with Crippen LogP contribution in [0.1, 0.15) is 58.3 Å². The molecule has 4 aliphatic rings. The molecule has 4 heterocycles. The van der Waals surface area contributed by atoms with E-state index >= 15 is 0 Å². The smallest absolute Gasteiger partial charge is 0.416 e. The molecule has 8 rings (SSSR count). The first-order chi connectivity index (χ1) is 33.2. The Balaban J connectivity index is 0.00000235. The number of alkyl halides is 6. The molecule has 4 aliphatic heterocycles. The van der Waals surface area contributed by atoms with Gasteiger partial charge in [0.15, 0.2) is 0 Å². The Morgan fingerprint density at radius 2 is 1.00 bits per heavy atom. The number of nitrogens with zero attached hydrogens (tertiary/aromatic N) is 7. The molecule has 15 nitrogen and oxygen atoms in total. The van der Waals surface area contributed by atoms with E-state index in [1.54, 1.807) is 58.3 Å². The van der Waals surface area contributed by atoms with Crippen molar-refractivity contribution < 1.29 is 59.9 Å². The number of hydrogen-bond donors (Lipinski definition) is 2. The van der Waals surface area contributed by atoms with E-state index < -0.39 is 65.9 Å². The van der Waals surface area contributed by atoms with E-state index in [1.807, 2.05) is 26.2 Å². The third-order valence-electron chi connectivity index (χ3n) is 12.4. The molecule has 0 saturated carbocycles. The van der Waals surface area contributed by atoms with Crippen molar-refractivity contribution >= 4 is 41.7 Å². The first-order valence-corrected chi connectivity index (χ1v) is 21.7. The first-order valence-electron chi connectivity index (χ1n) is 21.7. The number of amides is 6. The first kappa shape index (κ1) is 49.7. The summed E-state index contributed by atoms with van der Waals surface area (Å²) in [6.45, 7) is 0.974. The summed E-state index contributed by atoms with van der Waals surface area (Å²) < 4.78 is 83.1. The number of urea groups is 2. The molecule has 4 aromatic rings. The molecule has 6 amide bonds. The summed E-state index contributed by atoms with van der Waals surface area (Å²) in [5.41, 5.74) is 0.587. The van der Waals surface area contributed by atoms with E-state index in [0.717, 1.165) is 34.1 Å². The van der Waals surface area contributed by atoms with Gasteiger partial charge in [-0.15, -0.1) is 0 Å². The van der Waals surface area contributed by atoms with E-state index in [2.05, 4.69) is 10.6 Å². The topological polar surface area (TPSA) is 193 Å². The van der Waals surface area contributed by atoms with Gasteiger partial charge in [-0.3, -0.25) is 19.4 Å². The van der Waals surface area contributed by atoms with Gasteiger partial charge in [-0.1, -0.05) is 36.4 Å². The molecule has 362 valence electrons. The fourth-order valence-electron chi connectivity index (χ4n) is 9.03. The van der Waals surface area contributed by atoms with Crippen LogP contribution in [0, 0.1) is 22.7 Å². The maximum Gasteiger partial charge on any atom is 0.416 e. The van der Waals surface area contributed by atoms with E-state index in [0.29, 0.717) is 52.7 Å². The largest absolute Gasteiger partial charge is 0.554 e. The quantitative estimate of drug-likeness (QED) is 0.0963. The van der Waals surface area contributed by atoms with Gasteiger partial charge < -0.3 is 34.8 Å². The maximum atomic E-state index is 14.2. The highest BCUT2D eigenvalue weighted by atomic mass is 19.4. The average Bonchev–Trinajstić information content (AvgIpc) is 3.82. The van der Waals surface area contributed by atoms with Crippen molar-refractivity contribution in [2.45, 2.75) is 37.3 Å². The Hall–Kier alpha value is -8.17. The lowest BCUT2D eigenvalue weighted by Gasteiger charge is -2.34. The molecule has 0 saturated heterocycles. The molecule has 0 spiro atoms. The number of carboxylic acid groups (broad SMARTS) is 1. The molecular weight excluding hydrogens is 925 g/mol. The normalized spacial score (nSPS) is 18.1. The van der Waals surface area contributed by atoms with Crippen LogP contribution in [-0.4, -0.2) is 98.0 Å². The summed E-state index contributed by atoms with van der Waals surface area (Å²) in [5.74, 6) is -0.802. The van der Waals surface area contributed by atoms with Gasteiger partial charge in [0, 0.05) is 32.4 Å². The number of hydrogen-bond acceptors (Lipinski definition) is 8. The number of benzene rings is 4. The minimum Gasteiger partial charge on any atom is -0.554 e. The molecule has 70 heavy (non-hydrogen) atoms. The summed E-state index contributed by atoms with van der Waals surface area (Å²) in [6, 6.07) is 22.0. The van der Waals surface area contributed by atoms with Crippen molar-refractivity contribution in [1.82, 2.24) is 20.4 Å². The van der Waals surface area contributed by atoms with Gasteiger partial charge in [0.2, 0.25) is 0 Å². The van der Waals surface area contributed by atoms with Gasteiger partial charge in [0.25, 0.3) is 11.8 Å². The minimum absolute atomic E-state index is 0.0505. The Bertz CT molecular complexity index is 2680. The lowest BCUT2D eigenvalue weighted by Crippen LogP contribution is -2.47. The molecule has 0 unspecified atom stereocenters. The Morgan fingerprint density at radius 1 is 0.643 bits per heavy atom. The Morgan fingerprint density at radius 3 is 1.33 bits per heavy atom. The third kappa shape index (κ3) is 10.3. The molecule has 21 heteroatoms. The van der Waals surface area contributed by atoms with Crippen LogP contribution in [0.5, 0.6) is 0 Å². The number of quaternary nitrogens is 1. The van der Waals surface area contributed by atoms with Crippen LogP contribution in [0.2, 0.25) is 0 Å². The highest BCUT2D eigenvalue weighted by Gasteiger charge is 2.47. The van der Waals surface area contributed by atoms with Crippen molar-refractivity contribution in [3.05, 3.63) is 153 Å². The summed E-state index contributed by atoms with van der Waals surface area (Å²) in [7, 11) is 3.95. The lowest BCUT2D eigenvalue weighted by molar-refractivity contribution is -0.890. The zero-order chi connectivity index (χ0) is 50.7. The van der Waals surface area contributed by atoms with Crippen LogP contribution in [0.4, 0.5) is 47.3 Å². The third-order valence-corrected chi connectivity index (χ3v) is 12.4. The molecule has 0 fully saturated rings. The molecule has 4 aromatic carbocycles. The fraction of sp³-hybridized carbons (Fsp3) is 0.286. The summed E-state index contributed by atoms with van der Waals surface area (Å²) in [4.78, 5) is 69.4. The number of nitrogens with one attached hydrogen (secondary N) is 2. The number of nitriles is 2. The molecule has 0 radical (unpaired) electrons. The van der Waals surface area contributed by atoms with Crippen LogP contribution in [0.3, 0.4) is 0 Å². The van der Waals surface area contributed by atoms with E-state index in [9.17, 15) is 56.0 Å². The lowest BCUT2D eigenvalue weighted by atomic mass is 9.94. The van der Waals surface area contributed by atoms with Crippen molar-refractivity contribution in [2.24, 2.45) is 0 Å². The molecule has 0 bridgehead atoms. The highest BCUT2D eigenvalue weighted by molar-refractivity contribution is 6.08. The van der Waals surface area contributed by atoms with Gasteiger partial charge >= 0.3 is 24.4 Å². The van der Waals surface area contributed by atoms with Crippen molar-refractivity contribution in [3.63, 3.8) is 0 Å².